The molecule has 0 aromatic heterocycles. The van der Waals surface area contributed by atoms with Crippen LogP contribution in [0.25, 0.3) is 33.5 Å². The smallest absolute Gasteiger partial charge is 0.0736 e. The number of hydrogen-bond acceptors (Lipinski definition) is 2. The molecule has 1 aliphatic heterocycles. The lowest BCUT2D eigenvalue weighted by molar-refractivity contribution is 0.745. The first-order valence-corrected chi connectivity index (χ1v) is 17.6. The van der Waals surface area contributed by atoms with Crippen LogP contribution >= 0.6 is 0 Å². The number of benzene rings is 6. The molecule has 50 heavy (non-hydrogen) atoms. The molecule has 0 fully saturated rings. The minimum Gasteiger partial charge on any atom is -0.333 e. The first kappa shape index (κ1) is 31.3. The molecule has 0 saturated heterocycles. The first-order chi connectivity index (χ1) is 24.7. The van der Waals surface area contributed by atoms with Gasteiger partial charge in [-0.2, -0.15) is 0 Å². The van der Waals surface area contributed by atoms with E-state index in [9.17, 15) is 0 Å². The van der Waals surface area contributed by atoms with Crippen LogP contribution in [0, 0.1) is 0 Å². The summed E-state index contributed by atoms with van der Waals surface area (Å²) >= 11 is 0. The van der Waals surface area contributed by atoms with Gasteiger partial charge in [-0.3, -0.25) is 4.99 Å². The van der Waals surface area contributed by atoms with Crippen LogP contribution in [0.3, 0.4) is 0 Å². The topological polar surface area (TPSA) is 15.6 Å². The van der Waals surface area contributed by atoms with Crippen LogP contribution in [-0.4, -0.2) is 12.8 Å². The number of aryl methyl sites for hydroxylation is 1. The van der Waals surface area contributed by atoms with Crippen molar-refractivity contribution in [3.63, 3.8) is 0 Å². The van der Waals surface area contributed by atoms with Crippen molar-refractivity contribution in [3.8, 4) is 22.3 Å². The van der Waals surface area contributed by atoms with Crippen molar-refractivity contribution in [2.75, 3.05) is 4.90 Å². The molecule has 6 aromatic carbocycles. The van der Waals surface area contributed by atoms with E-state index in [1.54, 1.807) is 0 Å². The third-order valence-electron chi connectivity index (χ3n) is 10.2. The fourth-order valence-electron chi connectivity index (χ4n) is 7.77. The van der Waals surface area contributed by atoms with Crippen molar-refractivity contribution in [2.24, 2.45) is 4.99 Å². The van der Waals surface area contributed by atoms with E-state index in [0.29, 0.717) is 5.92 Å². The molecule has 2 aliphatic rings. The molecule has 0 radical (unpaired) electrons. The Kier molecular flexibility index (Phi) is 8.67. The molecule has 1 heterocycles. The van der Waals surface area contributed by atoms with E-state index in [1.807, 2.05) is 6.07 Å². The van der Waals surface area contributed by atoms with Gasteiger partial charge >= 0.3 is 0 Å². The van der Waals surface area contributed by atoms with Gasteiger partial charge in [0.2, 0.25) is 0 Å². The Morgan fingerprint density at radius 2 is 1.28 bits per heavy atom. The number of rotatable bonds is 9. The van der Waals surface area contributed by atoms with Gasteiger partial charge in [-0.05, 0) is 87.5 Å². The molecule has 8 rings (SSSR count). The number of nitrogens with zero attached hydrogens (tertiary/aromatic N) is 2. The number of hydrogen-bond donors (Lipinski definition) is 0. The van der Waals surface area contributed by atoms with Crippen LogP contribution in [0.4, 0.5) is 11.4 Å². The summed E-state index contributed by atoms with van der Waals surface area (Å²) in [6.07, 6.45) is 10.7. The molecule has 242 valence electrons. The fraction of sp³-hybridized carbons (Fsp3) is 0.104. The van der Waals surface area contributed by atoms with Gasteiger partial charge in [0.1, 0.15) is 0 Å². The molecule has 1 aliphatic carbocycles. The Labute approximate surface area is 296 Å². The number of allylic oxidation sites excluding steroid dienone is 3. The fourth-order valence-corrected chi connectivity index (χ4v) is 7.77. The molecule has 0 spiro atoms. The highest BCUT2D eigenvalue weighted by Crippen LogP contribution is 2.47. The highest BCUT2D eigenvalue weighted by atomic mass is 15.2. The standard InChI is InChI=1S/C48H40N2/c1-3-34-16-10-11-21-41(34)44-32-38(26-27-39(44)33-45(36-17-6-4-7-18-36)48(49-2)37-19-8-5-9-20-37)35-28-30-40(31-29-35)50-46-24-14-12-22-42(46)43-23-13-15-25-47(43)50/h4-32,42,46H,2-3,33H2,1H3/b48-45+. The van der Waals surface area contributed by atoms with Crippen LogP contribution in [0.1, 0.15) is 40.7 Å². The minimum atomic E-state index is 0.289. The highest BCUT2D eigenvalue weighted by molar-refractivity contribution is 5.93. The van der Waals surface area contributed by atoms with E-state index in [0.717, 1.165) is 35.2 Å². The van der Waals surface area contributed by atoms with Gasteiger partial charge in [0.15, 0.2) is 0 Å². The molecule has 2 heteroatoms. The second-order valence-electron chi connectivity index (χ2n) is 13.0. The van der Waals surface area contributed by atoms with Crippen molar-refractivity contribution < 1.29 is 0 Å². The zero-order chi connectivity index (χ0) is 33.9. The molecule has 2 atom stereocenters. The Morgan fingerprint density at radius 1 is 0.620 bits per heavy atom. The first-order valence-electron chi connectivity index (χ1n) is 17.6. The lowest BCUT2D eigenvalue weighted by Crippen LogP contribution is -2.28. The summed E-state index contributed by atoms with van der Waals surface area (Å²) in [5, 5.41) is 0. The third-order valence-corrected chi connectivity index (χ3v) is 10.2. The summed E-state index contributed by atoms with van der Waals surface area (Å²) in [6.45, 7) is 6.28. The van der Waals surface area contributed by atoms with Gasteiger partial charge in [0.25, 0.3) is 0 Å². The zero-order valence-corrected chi connectivity index (χ0v) is 28.4. The molecule has 0 saturated carbocycles. The summed E-state index contributed by atoms with van der Waals surface area (Å²) in [5.74, 6) is 0.373. The summed E-state index contributed by atoms with van der Waals surface area (Å²) in [5.41, 5.74) is 15.7. The summed E-state index contributed by atoms with van der Waals surface area (Å²) in [6, 6.07) is 55.1. The molecular formula is C48H40N2. The number of para-hydroxylation sites is 1. The second-order valence-corrected chi connectivity index (χ2v) is 13.0. The number of fused-ring (bicyclic) bond motifs is 3. The maximum absolute atomic E-state index is 4.63. The molecule has 2 unspecified atom stereocenters. The Morgan fingerprint density at radius 3 is 2.04 bits per heavy atom. The average molecular weight is 645 g/mol. The molecule has 0 amide bonds. The minimum absolute atomic E-state index is 0.289. The van der Waals surface area contributed by atoms with E-state index in [4.69, 9.17) is 0 Å². The van der Waals surface area contributed by atoms with E-state index in [2.05, 4.69) is 193 Å². The maximum atomic E-state index is 4.63. The summed E-state index contributed by atoms with van der Waals surface area (Å²) in [4.78, 5) is 7.12. The lowest BCUT2D eigenvalue weighted by Gasteiger charge is -2.28. The van der Waals surface area contributed by atoms with Gasteiger partial charge < -0.3 is 4.90 Å². The second kappa shape index (κ2) is 13.9. The number of anilines is 2. The summed E-state index contributed by atoms with van der Waals surface area (Å²) < 4.78 is 0. The molecule has 0 bridgehead atoms. The monoisotopic (exact) mass is 644 g/mol. The van der Waals surface area contributed by atoms with Crippen LogP contribution in [0.5, 0.6) is 0 Å². The van der Waals surface area contributed by atoms with E-state index < -0.39 is 0 Å². The zero-order valence-electron chi connectivity index (χ0n) is 28.4. The third kappa shape index (κ3) is 5.84. The normalized spacial score (nSPS) is 16.5. The van der Waals surface area contributed by atoms with Crippen molar-refractivity contribution in [1.29, 1.82) is 0 Å². The van der Waals surface area contributed by atoms with Gasteiger partial charge in [-0.15, -0.1) is 0 Å². The van der Waals surface area contributed by atoms with Crippen molar-refractivity contribution >= 4 is 29.4 Å². The SMILES string of the molecule is C=N/C(=C(\Cc1ccc(-c2ccc(N3c4ccccc4C4C=CC=CC43)cc2)cc1-c1ccccc1CC)c1ccccc1)c1ccccc1. The largest absolute Gasteiger partial charge is 0.333 e. The van der Waals surface area contributed by atoms with E-state index in [-0.39, 0.29) is 6.04 Å². The van der Waals surface area contributed by atoms with E-state index in [1.165, 1.54) is 50.3 Å². The predicted molar refractivity (Wildman–Crippen MR) is 213 cm³/mol. The van der Waals surface area contributed by atoms with Crippen LogP contribution in [-0.2, 0) is 12.8 Å². The number of aliphatic imine (C=N–C) groups is 1. The van der Waals surface area contributed by atoms with Gasteiger partial charge in [-0.25, -0.2) is 0 Å². The Bertz CT molecular complexity index is 2240. The molecular weight excluding hydrogens is 605 g/mol. The van der Waals surface area contributed by atoms with Crippen molar-refractivity contribution in [3.05, 3.63) is 204 Å². The van der Waals surface area contributed by atoms with Crippen molar-refractivity contribution in [2.45, 2.75) is 31.7 Å². The van der Waals surface area contributed by atoms with Crippen molar-refractivity contribution in [1.82, 2.24) is 0 Å². The van der Waals surface area contributed by atoms with Gasteiger partial charge in [0.05, 0.1) is 11.7 Å². The molecule has 6 aromatic rings. The Balaban J connectivity index is 1.22. The Hall–Kier alpha value is -5.99. The highest BCUT2D eigenvalue weighted by Gasteiger charge is 2.36. The summed E-state index contributed by atoms with van der Waals surface area (Å²) in [7, 11) is 0. The predicted octanol–water partition coefficient (Wildman–Crippen LogP) is 12.1. The van der Waals surface area contributed by atoms with Crippen LogP contribution < -0.4 is 4.90 Å². The van der Waals surface area contributed by atoms with Crippen LogP contribution in [0.15, 0.2) is 181 Å². The van der Waals surface area contributed by atoms with Gasteiger partial charge in [0, 0.05) is 29.3 Å². The quantitative estimate of drug-likeness (QED) is 0.113. The maximum Gasteiger partial charge on any atom is 0.0736 e. The van der Waals surface area contributed by atoms with Crippen LogP contribution in [0.2, 0.25) is 0 Å². The molecule has 2 nitrogen and oxygen atoms in total. The molecule has 0 N–H and O–H groups in total. The van der Waals surface area contributed by atoms with Gasteiger partial charge in [-0.1, -0.05) is 159 Å². The average Bonchev–Trinajstić information content (AvgIpc) is 3.53. The van der Waals surface area contributed by atoms with E-state index >= 15 is 0 Å². The lowest BCUT2D eigenvalue weighted by atomic mass is 9.86.